The summed E-state index contributed by atoms with van der Waals surface area (Å²) in [5, 5.41) is 67.7. The van der Waals surface area contributed by atoms with Gasteiger partial charge in [0.15, 0.2) is 30.0 Å². The number of fused-ring (bicyclic) bond motifs is 3. The van der Waals surface area contributed by atoms with E-state index >= 15 is 0 Å². The monoisotopic (exact) mass is 906 g/mol. The Labute approximate surface area is 375 Å². The molecular formula is C47H46N4O15. The maximum Gasteiger partial charge on any atom is 0.317 e. The van der Waals surface area contributed by atoms with E-state index in [1.54, 1.807) is 24.4 Å². The van der Waals surface area contributed by atoms with Crippen LogP contribution in [0.25, 0.3) is 10.9 Å². The summed E-state index contributed by atoms with van der Waals surface area (Å²) in [5.41, 5.74) is 8.31. The minimum atomic E-state index is -2.15. The van der Waals surface area contributed by atoms with Gasteiger partial charge in [-0.1, -0.05) is 48.2 Å². The number of carbonyl (C=O) groups is 2. The third-order valence-corrected chi connectivity index (χ3v) is 12.7. The quantitative estimate of drug-likeness (QED) is 0.0395. The van der Waals surface area contributed by atoms with Gasteiger partial charge < -0.3 is 84.4 Å². The first-order valence-corrected chi connectivity index (χ1v) is 21.3. The van der Waals surface area contributed by atoms with Crippen molar-refractivity contribution in [1.29, 1.82) is 0 Å². The van der Waals surface area contributed by atoms with Crippen LogP contribution in [0.4, 0.5) is 0 Å². The molecule has 7 heterocycles. The predicted octanol–water partition coefficient (Wildman–Crippen LogP) is 1.73. The van der Waals surface area contributed by atoms with Crippen LogP contribution in [-0.2, 0) is 32.2 Å². The number of hydrogen-bond acceptors (Lipinski definition) is 16. The van der Waals surface area contributed by atoms with Crippen molar-refractivity contribution in [3.05, 3.63) is 113 Å². The molecule has 4 bridgehead atoms. The molecule has 2 aromatic heterocycles. The predicted molar refractivity (Wildman–Crippen MR) is 228 cm³/mol. The number of aliphatic carboxylic acids is 1. The summed E-state index contributed by atoms with van der Waals surface area (Å²) in [5.74, 6) is 4.42. The highest BCUT2D eigenvalue weighted by Crippen LogP contribution is 2.61. The lowest BCUT2D eigenvalue weighted by Crippen LogP contribution is -2.74. The van der Waals surface area contributed by atoms with E-state index in [0.29, 0.717) is 40.5 Å². The molecular weight excluding hydrogens is 861 g/mol. The fraction of sp³-hybridized carbons (Fsp3) is 0.362. The largest absolute Gasteiger partial charge is 0.487 e. The van der Waals surface area contributed by atoms with E-state index in [2.05, 4.69) is 22.1 Å². The Hall–Kier alpha value is -6.76. The molecule has 344 valence electrons. The van der Waals surface area contributed by atoms with E-state index in [1.165, 1.54) is 12.3 Å². The van der Waals surface area contributed by atoms with Crippen molar-refractivity contribution in [2.75, 3.05) is 13.4 Å². The smallest absolute Gasteiger partial charge is 0.317 e. The van der Waals surface area contributed by atoms with Gasteiger partial charge in [0.25, 0.3) is 0 Å². The lowest BCUT2D eigenvalue weighted by molar-refractivity contribution is -0.321. The maximum absolute atomic E-state index is 12.7. The number of rotatable bonds is 11. The van der Waals surface area contributed by atoms with Crippen molar-refractivity contribution in [2.24, 2.45) is 5.73 Å². The highest BCUT2D eigenvalue weighted by atomic mass is 16.7. The summed E-state index contributed by atoms with van der Waals surface area (Å²) in [6.07, 6.45) is -6.34. The van der Waals surface area contributed by atoms with Crippen LogP contribution >= 0.6 is 0 Å². The Kier molecular flexibility index (Phi) is 11.3. The van der Waals surface area contributed by atoms with E-state index in [0.717, 1.165) is 22.0 Å². The second kappa shape index (κ2) is 17.2. The number of nitrogens with zero attached hydrogens (tertiary/aromatic N) is 1. The molecule has 0 radical (unpaired) electrons. The number of ether oxygens (including phenoxy) is 7. The van der Waals surface area contributed by atoms with Crippen molar-refractivity contribution in [3.63, 3.8) is 0 Å². The number of aromatic nitrogens is 2. The van der Waals surface area contributed by atoms with Gasteiger partial charge in [0.2, 0.25) is 12.0 Å². The van der Waals surface area contributed by atoms with Crippen LogP contribution in [0.5, 0.6) is 28.7 Å². The number of esters is 1. The van der Waals surface area contributed by atoms with Crippen molar-refractivity contribution in [1.82, 2.24) is 14.9 Å². The molecule has 3 aromatic carbocycles. The zero-order valence-electron chi connectivity index (χ0n) is 35.0. The summed E-state index contributed by atoms with van der Waals surface area (Å²) in [7, 11) is 0. The third kappa shape index (κ3) is 7.32. The molecule has 0 saturated carbocycles. The molecule has 19 heteroatoms. The number of benzene rings is 3. The number of aromatic amines is 1. The molecule has 1 fully saturated rings. The van der Waals surface area contributed by atoms with Gasteiger partial charge in [-0.05, 0) is 41.6 Å². The number of nitrogens with one attached hydrogen (secondary N) is 2. The summed E-state index contributed by atoms with van der Waals surface area (Å²) in [6.45, 7) is -0.586. The van der Waals surface area contributed by atoms with Crippen LogP contribution in [0.3, 0.4) is 0 Å². The molecule has 1 spiro atoms. The van der Waals surface area contributed by atoms with Gasteiger partial charge in [-0.3, -0.25) is 9.59 Å². The Morgan fingerprint density at radius 3 is 2.64 bits per heavy atom. The minimum absolute atomic E-state index is 0.0651. The number of nitrogens with two attached hydrogens (primary N) is 1. The minimum Gasteiger partial charge on any atom is -0.487 e. The molecule has 66 heavy (non-hydrogen) atoms. The highest BCUT2D eigenvalue weighted by Gasteiger charge is 2.61. The van der Waals surface area contributed by atoms with Crippen LogP contribution < -0.4 is 34.7 Å². The van der Waals surface area contributed by atoms with Crippen LogP contribution in [0, 0.1) is 11.8 Å². The molecule has 10 N–H and O–H groups in total. The average Bonchev–Trinajstić information content (AvgIpc) is 4.01. The first-order chi connectivity index (χ1) is 32.0. The number of hydrogen-bond donors (Lipinski definition) is 9. The molecule has 11 unspecified atom stereocenters. The fourth-order valence-electron chi connectivity index (χ4n) is 9.79. The molecule has 5 aliphatic heterocycles. The van der Waals surface area contributed by atoms with Crippen LogP contribution in [0.1, 0.15) is 58.7 Å². The van der Waals surface area contributed by atoms with Crippen molar-refractivity contribution in [2.45, 2.75) is 92.5 Å². The molecule has 5 aromatic rings. The van der Waals surface area contributed by atoms with Crippen molar-refractivity contribution >= 4 is 22.8 Å². The second-order valence-electron chi connectivity index (χ2n) is 16.6. The SMILES string of the molecule is NC1NC=CC2(OC(Oc3cc(Cn4cc5cc[nH]c5c4CO)c4c(c3)OC3C(c5ccccc5)C#CCCOc5c(OCO)ccc6c5OC4C63)C(O)C(O)C2O)C1OC(=O)CC(=O)O. The van der Waals surface area contributed by atoms with Gasteiger partial charge in [0.1, 0.15) is 54.6 Å². The summed E-state index contributed by atoms with van der Waals surface area (Å²) >= 11 is 0. The van der Waals surface area contributed by atoms with Gasteiger partial charge >= 0.3 is 11.9 Å². The Balaban J connectivity index is 1.12. The van der Waals surface area contributed by atoms with Gasteiger partial charge in [0.05, 0.1) is 36.3 Å². The van der Waals surface area contributed by atoms with Crippen LogP contribution in [-0.4, -0.2) is 114 Å². The molecule has 19 nitrogen and oxygen atoms in total. The molecule has 5 aliphatic rings. The first kappa shape index (κ1) is 43.1. The number of aliphatic hydroxyl groups excluding tert-OH is 5. The van der Waals surface area contributed by atoms with Crippen LogP contribution in [0.15, 0.2) is 85.3 Å². The number of carboxylic acids is 1. The molecule has 1 saturated heterocycles. The standard InChI is InChI=1S/C47H46N4O15/c48-45-44(64-33(56)18-32(54)55)47(12-14-50-45)43(59)37(57)38(58)46(66-47)62-26-16-25(20-51-19-24-11-13-49-36(24)29(51)21-52)34-31(17-26)63-39-27(23-6-2-1-3-7-23)8-4-5-15-60-41-30(61-22-53)10-9-28-35(39)42(34)65-40(28)41/h1-3,6-7,9-14,16-17,19,27,35,37-39,42-46,49-50,52-53,57-59H,5,15,18,20-22,48H2,(H,54,55). The zero-order chi connectivity index (χ0) is 45.9. The Bertz CT molecular complexity index is 2760. The summed E-state index contributed by atoms with van der Waals surface area (Å²) < 4.78 is 46.2. The molecule has 0 aliphatic carbocycles. The Morgan fingerprint density at radius 2 is 1.85 bits per heavy atom. The molecule has 10 rings (SSSR count). The number of carbonyl (C=O) groups excluding carboxylic acids is 1. The topological polar surface area (TPSA) is 279 Å². The number of aliphatic hydroxyl groups is 5. The number of carboxylic acid groups (broad SMARTS) is 1. The second-order valence-corrected chi connectivity index (χ2v) is 16.6. The molecule has 11 atom stereocenters. The lowest BCUT2D eigenvalue weighted by Gasteiger charge is -2.52. The molecule has 0 amide bonds. The average molecular weight is 907 g/mol. The van der Waals surface area contributed by atoms with Gasteiger partial charge in [0, 0.05) is 47.9 Å². The van der Waals surface area contributed by atoms with Crippen molar-refractivity contribution < 1.29 is 73.4 Å². The van der Waals surface area contributed by atoms with E-state index in [1.807, 2.05) is 53.2 Å². The van der Waals surface area contributed by atoms with Gasteiger partial charge in [-0.15, -0.1) is 0 Å². The van der Waals surface area contributed by atoms with Gasteiger partial charge in [-0.25, -0.2) is 0 Å². The maximum atomic E-state index is 12.7. The summed E-state index contributed by atoms with van der Waals surface area (Å²) in [4.78, 5) is 27.3. The number of H-pyrrole nitrogens is 1. The highest BCUT2D eigenvalue weighted by molar-refractivity contribution is 5.90. The van der Waals surface area contributed by atoms with E-state index < -0.39 is 91.7 Å². The Morgan fingerprint density at radius 1 is 1.02 bits per heavy atom. The van der Waals surface area contributed by atoms with Crippen LogP contribution in [0.2, 0.25) is 0 Å². The summed E-state index contributed by atoms with van der Waals surface area (Å²) in [6, 6.07) is 18.5. The van der Waals surface area contributed by atoms with E-state index in [4.69, 9.17) is 38.9 Å². The lowest BCUT2D eigenvalue weighted by atomic mass is 9.76. The third-order valence-electron chi connectivity index (χ3n) is 12.7. The zero-order valence-corrected chi connectivity index (χ0v) is 35.0. The fourth-order valence-corrected chi connectivity index (χ4v) is 9.79. The first-order valence-electron chi connectivity index (χ1n) is 21.3. The van der Waals surface area contributed by atoms with Gasteiger partial charge in [-0.2, -0.15) is 0 Å². The van der Waals surface area contributed by atoms with E-state index in [9.17, 15) is 40.2 Å². The normalized spacial score (nSPS) is 29.2. The van der Waals surface area contributed by atoms with E-state index in [-0.39, 0.29) is 31.3 Å². The van der Waals surface area contributed by atoms with Crippen molar-refractivity contribution in [3.8, 4) is 40.6 Å².